The van der Waals surface area contributed by atoms with Crippen LogP contribution in [0.2, 0.25) is 0 Å². The Morgan fingerprint density at radius 3 is 2.61 bits per heavy atom. The second-order valence-electron chi connectivity index (χ2n) is 13.0. The summed E-state index contributed by atoms with van der Waals surface area (Å²) in [5.41, 5.74) is -0.513. The minimum absolute atomic E-state index is 0.0109. The van der Waals surface area contributed by atoms with E-state index in [1.165, 1.54) is 6.07 Å². The van der Waals surface area contributed by atoms with Crippen LogP contribution in [0.4, 0.5) is 23.4 Å². The standard InChI is InChI=1S/C35H36F4N6O/c1-4-23-27(36)12-9-20-7-6-8-24(28(20)23)30-29(37)31-25(15-40-30)33(45-16-21-10-11-22(17-45)41-21)43-34(42-31)46-19-35(5-2)18-44(3)14-13-26(35)32(38)39/h1,6-9,12,15,21-22,26,32,41H,5,10-11,13-14,16-19H2,2-3H3/t21-,22+,26-,35+/m1/s1. The Hall–Kier alpha value is -4.01. The molecule has 7 nitrogen and oxygen atoms in total. The number of rotatable bonds is 7. The summed E-state index contributed by atoms with van der Waals surface area (Å²) >= 11 is 0. The normalized spacial score (nSPS) is 25.0. The molecule has 0 unspecified atom stereocenters. The van der Waals surface area contributed by atoms with Crippen LogP contribution < -0.4 is 15.0 Å². The lowest BCUT2D eigenvalue weighted by Crippen LogP contribution is -2.52. The highest BCUT2D eigenvalue weighted by molar-refractivity contribution is 6.02. The van der Waals surface area contributed by atoms with E-state index in [0.717, 1.165) is 12.8 Å². The zero-order chi connectivity index (χ0) is 32.2. The van der Waals surface area contributed by atoms with Gasteiger partial charge < -0.3 is 19.9 Å². The summed E-state index contributed by atoms with van der Waals surface area (Å²) in [6.45, 7) is 4.22. The molecule has 240 valence electrons. The first-order valence-corrected chi connectivity index (χ1v) is 15.9. The van der Waals surface area contributed by atoms with Crippen molar-refractivity contribution in [2.24, 2.45) is 11.3 Å². The molecule has 0 amide bonds. The Labute approximate surface area is 265 Å². The molecule has 0 saturated carbocycles. The predicted molar refractivity (Wildman–Crippen MR) is 170 cm³/mol. The lowest BCUT2D eigenvalue weighted by atomic mass is 9.69. The minimum Gasteiger partial charge on any atom is -0.463 e. The van der Waals surface area contributed by atoms with Crippen LogP contribution >= 0.6 is 0 Å². The van der Waals surface area contributed by atoms with Crippen LogP contribution in [-0.4, -0.2) is 78.2 Å². The number of nitrogens with one attached hydrogen (secondary N) is 1. The zero-order valence-electron chi connectivity index (χ0n) is 25.9. The van der Waals surface area contributed by atoms with Crippen LogP contribution in [0, 0.1) is 35.3 Å². The molecule has 2 bridgehead atoms. The summed E-state index contributed by atoms with van der Waals surface area (Å²) in [5.74, 6) is 0.743. The highest BCUT2D eigenvalue weighted by Crippen LogP contribution is 2.43. The number of hydrogen-bond donors (Lipinski definition) is 1. The summed E-state index contributed by atoms with van der Waals surface area (Å²) in [6.07, 6.45) is 7.63. The molecule has 46 heavy (non-hydrogen) atoms. The van der Waals surface area contributed by atoms with Gasteiger partial charge >= 0.3 is 6.01 Å². The highest BCUT2D eigenvalue weighted by Gasteiger charge is 2.47. The van der Waals surface area contributed by atoms with Crippen molar-refractivity contribution in [1.29, 1.82) is 0 Å². The van der Waals surface area contributed by atoms with Crippen molar-refractivity contribution in [2.75, 3.05) is 44.7 Å². The van der Waals surface area contributed by atoms with E-state index in [1.807, 2.05) is 18.9 Å². The van der Waals surface area contributed by atoms with Gasteiger partial charge in [-0.1, -0.05) is 37.1 Å². The summed E-state index contributed by atoms with van der Waals surface area (Å²) in [6, 6.07) is 8.52. The molecule has 4 atom stereocenters. The van der Waals surface area contributed by atoms with E-state index >= 15 is 4.39 Å². The molecule has 0 aliphatic carbocycles. The number of aromatic nitrogens is 3. The van der Waals surface area contributed by atoms with Gasteiger partial charge in [-0.15, -0.1) is 6.42 Å². The zero-order valence-corrected chi connectivity index (χ0v) is 25.9. The maximum atomic E-state index is 16.8. The molecule has 11 heteroatoms. The maximum Gasteiger partial charge on any atom is 0.319 e. The molecular formula is C35H36F4N6O. The van der Waals surface area contributed by atoms with Gasteiger partial charge in [0.2, 0.25) is 6.43 Å². The van der Waals surface area contributed by atoms with Crippen molar-refractivity contribution in [3.8, 4) is 29.6 Å². The summed E-state index contributed by atoms with van der Waals surface area (Å²) in [4.78, 5) is 18.0. The molecule has 0 spiro atoms. The molecule has 3 aliphatic rings. The van der Waals surface area contributed by atoms with Crippen molar-refractivity contribution in [3.63, 3.8) is 0 Å². The number of fused-ring (bicyclic) bond motifs is 4. The molecule has 3 fully saturated rings. The van der Waals surface area contributed by atoms with Crippen LogP contribution in [0.5, 0.6) is 6.01 Å². The lowest BCUT2D eigenvalue weighted by Gasteiger charge is -2.46. The van der Waals surface area contributed by atoms with E-state index in [9.17, 15) is 13.2 Å². The molecule has 2 aromatic heterocycles. The fraction of sp³-hybridized carbons (Fsp3) is 0.457. The van der Waals surface area contributed by atoms with Gasteiger partial charge in [-0.05, 0) is 50.7 Å². The van der Waals surface area contributed by atoms with Crippen LogP contribution in [-0.2, 0) is 0 Å². The van der Waals surface area contributed by atoms with E-state index in [4.69, 9.17) is 16.1 Å². The number of benzene rings is 2. The van der Waals surface area contributed by atoms with Crippen molar-refractivity contribution in [1.82, 2.24) is 25.2 Å². The van der Waals surface area contributed by atoms with Gasteiger partial charge in [0.1, 0.15) is 22.8 Å². The SMILES string of the molecule is C#Cc1c(F)ccc2cccc(-c3ncc4c(N5C[C@H]6CC[C@@H](C5)N6)nc(OC[C@]5(CC)CN(C)CC[C@@H]5C(F)F)nc4c3F)c12. The Kier molecular flexibility index (Phi) is 7.97. The third-order valence-electron chi connectivity index (χ3n) is 10.2. The van der Waals surface area contributed by atoms with Gasteiger partial charge in [-0.3, -0.25) is 4.98 Å². The van der Waals surface area contributed by atoms with Crippen molar-refractivity contribution in [2.45, 2.75) is 51.1 Å². The first-order chi connectivity index (χ1) is 22.2. The van der Waals surface area contributed by atoms with Crippen molar-refractivity contribution < 1.29 is 22.3 Å². The van der Waals surface area contributed by atoms with Gasteiger partial charge in [0.25, 0.3) is 0 Å². The highest BCUT2D eigenvalue weighted by atomic mass is 19.3. The smallest absolute Gasteiger partial charge is 0.319 e. The quantitative estimate of drug-likeness (QED) is 0.197. The van der Waals surface area contributed by atoms with E-state index in [-0.39, 0.29) is 41.5 Å². The molecular weight excluding hydrogens is 596 g/mol. The van der Waals surface area contributed by atoms with Gasteiger partial charge in [-0.25, -0.2) is 17.6 Å². The third kappa shape index (κ3) is 5.21. The van der Waals surface area contributed by atoms with E-state index in [0.29, 0.717) is 66.6 Å². The van der Waals surface area contributed by atoms with Gasteiger partial charge in [0, 0.05) is 60.2 Å². The minimum atomic E-state index is -2.49. The fourth-order valence-corrected chi connectivity index (χ4v) is 7.81. The topological polar surface area (TPSA) is 66.4 Å². The monoisotopic (exact) mass is 632 g/mol. The van der Waals surface area contributed by atoms with Crippen LogP contribution in [0.15, 0.2) is 36.5 Å². The Morgan fingerprint density at radius 2 is 1.89 bits per heavy atom. The van der Waals surface area contributed by atoms with Crippen molar-refractivity contribution >= 4 is 27.5 Å². The summed E-state index contributed by atoms with van der Waals surface area (Å²) < 4.78 is 66.4. The van der Waals surface area contributed by atoms with Gasteiger partial charge in [0.05, 0.1) is 17.6 Å². The van der Waals surface area contributed by atoms with Gasteiger partial charge in [0.15, 0.2) is 5.82 Å². The summed E-state index contributed by atoms with van der Waals surface area (Å²) in [5, 5.41) is 5.03. The molecule has 4 aromatic rings. The largest absolute Gasteiger partial charge is 0.463 e. The maximum absolute atomic E-state index is 16.8. The number of ether oxygens (including phenoxy) is 1. The predicted octanol–water partition coefficient (Wildman–Crippen LogP) is 6.04. The second kappa shape index (κ2) is 12.0. The summed E-state index contributed by atoms with van der Waals surface area (Å²) in [7, 11) is 1.92. The average molecular weight is 633 g/mol. The molecule has 0 radical (unpaired) electrons. The van der Waals surface area contributed by atoms with Crippen molar-refractivity contribution in [3.05, 3.63) is 53.7 Å². The molecule has 7 rings (SSSR count). The number of hydrogen-bond acceptors (Lipinski definition) is 7. The first kappa shape index (κ1) is 30.6. The second-order valence-corrected chi connectivity index (χ2v) is 13.0. The fourth-order valence-electron chi connectivity index (χ4n) is 7.81. The molecule has 5 heterocycles. The first-order valence-electron chi connectivity index (χ1n) is 15.9. The molecule has 2 aromatic carbocycles. The van der Waals surface area contributed by atoms with Crippen LogP contribution in [0.1, 0.15) is 38.2 Å². The van der Waals surface area contributed by atoms with E-state index in [1.54, 1.807) is 30.5 Å². The third-order valence-corrected chi connectivity index (χ3v) is 10.2. The van der Waals surface area contributed by atoms with Crippen LogP contribution in [0.25, 0.3) is 32.9 Å². The number of halogens is 4. The Bertz CT molecular complexity index is 1830. The number of anilines is 1. The average Bonchev–Trinajstić information content (AvgIpc) is 3.40. The molecule has 3 saturated heterocycles. The molecule has 1 N–H and O–H groups in total. The number of nitrogens with zero attached hydrogens (tertiary/aromatic N) is 5. The van der Waals surface area contributed by atoms with E-state index in [2.05, 4.69) is 26.1 Å². The number of piperidine rings is 1. The lowest BCUT2D eigenvalue weighted by molar-refractivity contribution is -0.0798. The van der Waals surface area contributed by atoms with Crippen LogP contribution in [0.3, 0.4) is 0 Å². The molecule has 3 aliphatic heterocycles. The van der Waals surface area contributed by atoms with Gasteiger partial charge in [-0.2, -0.15) is 9.97 Å². The number of alkyl halides is 2. The number of pyridine rings is 1. The van der Waals surface area contributed by atoms with E-state index < -0.39 is 29.4 Å². The Morgan fingerprint density at radius 1 is 1.11 bits per heavy atom. The number of piperazine rings is 1. The number of likely N-dealkylation sites (tertiary alicyclic amines) is 1. The number of terminal acetylenes is 1. The Balaban J connectivity index is 1.36.